The van der Waals surface area contributed by atoms with Crippen LogP contribution in [-0.4, -0.2) is 81.5 Å². The minimum absolute atomic E-state index is 0.0657. The number of furan rings is 1. The zero-order valence-electron chi connectivity index (χ0n) is 27.8. The van der Waals surface area contributed by atoms with Crippen molar-refractivity contribution < 1.29 is 37.4 Å². The first kappa shape index (κ1) is 35.3. The van der Waals surface area contributed by atoms with Gasteiger partial charge in [-0.05, 0) is 80.5 Å². The number of carbonyl (C=O) groups excluding carboxylic acids is 3. The highest BCUT2D eigenvalue weighted by atomic mass is 19.1. The molecule has 11 heteroatoms. The summed E-state index contributed by atoms with van der Waals surface area (Å²) in [6.07, 6.45) is 10.6. The van der Waals surface area contributed by atoms with Gasteiger partial charge in [0.15, 0.2) is 0 Å². The van der Waals surface area contributed by atoms with Gasteiger partial charge in [0.1, 0.15) is 11.6 Å². The summed E-state index contributed by atoms with van der Waals surface area (Å²) in [5.41, 5.74) is 7.30. The zero-order valence-corrected chi connectivity index (χ0v) is 27.8. The van der Waals surface area contributed by atoms with E-state index in [1.165, 1.54) is 6.42 Å². The third-order valence-electron chi connectivity index (χ3n) is 10.5. The number of anilines is 1. The Morgan fingerprint density at radius 1 is 1.00 bits per heavy atom. The fourth-order valence-electron chi connectivity index (χ4n) is 7.93. The molecule has 10 nitrogen and oxygen atoms in total. The van der Waals surface area contributed by atoms with Crippen LogP contribution in [0, 0.1) is 23.7 Å². The van der Waals surface area contributed by atoms with Gasteiger partial charge in [0.2, 0.25) is 17.6 Å². The van der Waals surface area contributed by atoms with Gasteiger partial charge in [-0.1, -0.05) is 32.1 Å². The molecule has 5 rings (SSSR count). The third kappa shape index (κ3) is 9.12. The highest BCUT2D eigenvalue weighted by molar-refractivity contribution is 6.00. The molecular weight excluding hydrogens is 605 g/mol. The van der Waals surface area contributed by atoms with Crippen molar-refractivity contribution in [2.24, 2.45) is 29.4 Å². The molecule has 2 saturated carbocycles. The summed E-state index contributed by atoms with van der Waals surface area (Å²) >= 11 is 0. The predicted octanol–water partition coefficient (Wildman–Crippen LogP) is 5.87. The average Bonchev–Trinajstić information content (AvgIpc) is 3.73. The van der Waals surface area contributed by atoms with Crippen LogP contribution in [0.25, 0.3) is 11.0 Å². The first-order valence-corrected chi connectivity index (χ1v) is 17.6. The molecule has 1 saturated heterocycles. The second kappa shape index (κ2) is 17.4. The van der Waals surface area contributed by atoms with E-state index in [-0.39, 0.29) is 48.0 Å². The minimum atomic E-state index is -0.558. The maximum atomic E-state index is 14.1. The predicted molar refractivity (Wildman–Crippen MR) is 177 cm³/mol. The molecule has 2 aromatic rings. The van der Waals surface area contributed by atoms with Crippen LogP contribution in [0.4, 0.5) is 10.1 Å². The molecule has 1 aliphatic heterocycles. The van der Waals surface area contributed by atoms with E-state index in [1.807, 2.05) is 4.90 Å². The van der Waals surface area contributed by atoms with Crippen molar-refractivity contribution in [1.29, 1.82) is 0 Å². The van der Waals surface area contributed by atoms with E-state index in [0.29, 0.717) is 61.8 Å². The Hall–Kier alpha value is -3.02. The number of likely N-dealkylation sites (tertiary alicyclic amines) is 1. The second-order valence-electron chi connectivity index (χ2n) is 13.5. The number of fused-ring (bicyclic) bond motifs is 1. The molecule has 3 fully saturated rings. The number of alkyl halides is 1. The lowest BCUT2D eigenvalue weighted by atomic mass is 9.76. The maximum Gasteiger partial charge on any atom is 0.374 e. The Morgan fingerprint density at radius 2 is 1.79 bits per heavy atom. The standard InChI is InChI=1S/C36H52FN3O7/c1-44-20-21-45-18-5-19-46-36(43)32-23-27-22-28(12-13-31(27)47-32)39-34(41)33-29(24-6-3-2-4-7-24)15-17-40(33)35(42)26-10-8-25(9-11-26)30(38)14-16-37/h12-13,22-26,29-30,33H,2-11,14-21,38H2,1H3,(H,39,41)/t25?,26?,29-,30+,33-/m0/s1. The summed E-state index contributed by atoms with van der Waals surface area (Å²) in [6, 6.07) is 6.20. The Bertz CT molecular complexity index is 1320. The molecule has 3 N–H and O–H groups in total. The lowest BCUT2D eigenvalue weighted by Gasteiger charge is -2.37. The van der Waals surface area contributed by atoms with Crippen molar-refractivity contribution >= 4 is 34.4 Å². The third-order valence-corrected chi connectivity index (χ3v) is 10.5. The summed E-state index contributed by atoms with van der Waals surface area (Å²) in [5, 5.41) is 3.77. The van der Waals surface area contributed by atoms with E-state index in [0.717, 1.165) is 57.8 Å². The number of ether oxygens (including phenoxy) is 3. The van der Waals surface area contributed by atoms with Gasteiger partial charge in [-0.15, -0.1) is 0 Å². The molecule has 2 amide bonds. The smallest absolute Gasteiger partial charge is 0.374 e. The SMILES string of the molecule is COCCOCCCOC(=O)c1cc2cc(NC(=O)[C@@H]3[C@H](C4CCCCC4)CCN3C(=O)C3CCC([C@H](N)CCF)CC3)ccc2o1. The van der Waals surface area contributed by atoms with E-state index in [1.54, 1.807) is 31.4 Å². The Kier molecular flexibility index (Phi) is 13.1. The van der Waals surface area contributed by atoms with Crippen LogP contribution in [0.3, 0.4) is 0 Å². The lowest BCUT2D eigenvalue weighted by Crippen LogP contribution is -2.50. The molecule has 1 aromatic heterocycles. The summed E-state index contributed by atoms with van der Waals surface area (Å²) in [7, 11) is 1.61. The van der Waals surface area contributed by atoms with E-state index in [4.69, 9.17) is 24.4 Å². The largest absolute Gasteiger partial charge is 0.460 e. The number of carbonyl (C=O) groups is 3. The topological polar surface area (TPSA) is 133 Å². The highest BCUT2D eigenvalue weighted by Gasteiger charge is 2.47. The monoisotopic (exact) mass is 657 g/mol. The van der Waals surface area contributed by atoms with Crippen LogP contribution < -0.4 is 11.1 Å². The van der Waals surface area contributed by atoms with Gasteiger partial charge in [0.25, 0.3) is 0 Å². The molecule has 0 radical (unpaired) electrons. The molecule has 3 atom stereocenters. The van der Waals surface area contributed by atoms with E-state index < -0.39 is 18.7 Å². The maximum absolute atomic E-state index is 14.1. The summed E-state index contributed by atoms with van der Waals surface area (Å²) in [5.74, 6) is 0.0933. The number of nitrogens with one attached hydrogen (secondary N) is 1. The van der Waals surface area contributed by atoms with Crippen LogP contribution in [0.2, 0.25) is 0 Å². The van der Waals surface area contributed by atoms with Crippen LogP contribution in [0.5, 0.6) is 0 Å². The van der Waals surface area contributed by atoms with Gasteiger partial charge in [-0.2, -0.15) is 0 Å². The second-order valence-corrected chi connectivity index (χ2v) is 13.5. The summed E-state index contributed by atoms with van der Waals surface area (Å²) < 4.78 is 34.3. The first-order valence-electron chi connectivity index (χ1n) is 17.6. The number of esters is 1. The van der Waals surface area contributed by atoms with E-state index in [9.17, 15) is 18.8 Å². The van der Waals surface area contributed by atoms with Gasteiger partial charge >= 0.3 is 5.97 Å². The normalized spacial score (nSPS) is 24.4. The van der Waals surface area contributed by atoms with Gasteiger partial charge in [0, 0.05) is 49.7 Å². The van der Waals surface area contributed by atoms with Crippen LogP contribution >= 0.6 is 0 Å². The van der Waals surface area contributed by atoms with Crippen LogP contribution in [0.1, 0.15) is 87.6 Å². The number of hydrogen-bond acceptors (Lipinski definition) is 8. The number of benzene rings is 1. The molecule has 0 spiro atoms. The van der Waals surface area contributed by atoms with Crippen LogP contribution in [-0.2, 0) is 23.8 Å². The molecule has 2 aliphatic carbocycles. The van der Waals surface area contributed by atoms with Crippen molar-refractivity contribution in [2.45, 2.75) is 89.1 Å². The fourth-order valence-corrected chi connectivity index (χ4v) is 7.93. The molecule has 0 unspecified atom stereocenters. The minimum Gasteiger partial charge on any atom is -0.460 e. The first-order chi connectivity index (χ1) is 22.9. The molecule has 2 heterocycles. The highest BCUT2D eigenvalue weighted by Crippen LogP contribution is 2.41. The van der Waals surface area contributed by atoms with Gasteiger partial charge in [-0.3, -0.25) is 14.0 Å². The molecule has 0 bridgehead atoms. The van der Waals surface area contributed by atoms with E-state index in [2.05, 4.69) is 5.32 Å². The number of methoxy groups -OCH3 is 1. The van der Waals surface area contributed by atoms with Crippen molar-refractivity contribution in [3.05, 3.63) is 30.0 Å². The summed E-state index contributed by atoms with van der Waals surface area (Å²) in [6.45, 7) is 1.84. The molecule has 47 heavy (non-hydrogen) atoms. The number of rotatable bonds is 15. The van der Waals surface area contributed by atoms with Crippen molar-refractivity contribution in [1.82, 2.24) is 4.90 Å². The van der Waals surface area contributed by atoms with Crippen molar-refractivity contribution in [2.75, 3.05) is 52.1 Å². The number of nitrogens with zero attached hydrogens (tertiary/aromatic N) is 1. The Morgan fingerprint density at radius 3 is 2.53 bits per heavy atom. The Balaban J connectivity index is 1.23. The quantitative estimate of drug-likeness (QED) is 0.180. The van der Waals surface area contributed by atoms with Crippen LogP contribution in [0.15, 0.2) is 28.7 Å². The van der Waals surface area contributed by atoms with Gasteiger partial charge < -0.3 is 34.6 Å². The Labute approximate surface area is 277 Å². The molecule has 1 aromatic carbocycles. The van der Waals surface area contributed by atoms with Crippen molar-refractivity contribution in [3.63, 3.8) is 0 Å². The fraction of sp³-hybridized carbons (Fsp3) is 0.694. The summed E-state index contributed by atoms with van der Waals surface area (Å²) in [4.78, 5) is 42.5. The lowest BCUT2D eigenvalue weighted by molar-refractivity contribution is -0.142. The average molecular weight is 658 g/mol. The van der Waals surface area contributed by atoms with E-state index >= 15 is 0 Å². The van der Waals surface area contributed by atoms with Gasteiger partial charge in [-0.25, -0.2) is 4.79 Å². The van der Waals surface area contributed by atoms with Crippen molar-refractivity contribution in [3.8, 4) is 0 Å². The molecule has 3 aliphatic rings. The molecular formula is C36H52FN3O7. The molecule has 260 valence electrons. The number of nitrogens with two attached hydrogens (primary N) is 1. The zero-order chi connectivity index (χ0) is 33.2. The van der Waals surface area contributed by atoms with Gasteiger partial charge in [0.05, 0.1) is 26.5 Å². The number of hydrogen-bond donors (Lipinski definition) is 2. The number of halogens is 1. The number of amides is 2.